The molecule has 2 atom stereocenters. The molecule has 3 rings (SSSR count). The van der Waals surface area contributed by atoms with Gasteiger partial charge in [-0.3, -0.25) is 4.79 Å². The first-order chi connectivity index (χ1) is 15.7. The van der Waals surface area contributed by atoms with Crippen LogP contribution in [-0.4, -0.2) is 40.1 Å². The highest BCUT2D eigenvalue weighted by atomic mass is 79.9. The molecule has 33 heavy (non-hydrogen) atoms. The predicted molar refractivity (Wildman–Crippen MR) is 133 cm³/mol. The molecule has 1 fully saturated rings. The summed E-state index contributed by atoms with van der Waals surface area (Å²) in [4.78, 5) is 33.2. The maximum absolute atomic E-state index is 13.4. The van der Waals surface area contributed by atoms with Crippen LogP contribution in [0.15, 0.2) is 35.4 Å². The number of imidazole rings is 1. The van der Waals surface area contributed by atoms with E-state index in [4.69, 9.17) is 4.74 Å². The molecule has 8 heteroatoms. The number of benzene rings is 1. The number of halogens is 1. The van der Waals surface area contributed by atoms with Crippen LogP contribution in [0.3, 0.4) is 0 Å². The molecule has 0 saturated heterocycles. The highest BCUT2D eigenvalue weighted by Gasteiger charge is 2.37. The molecular formula is C25H31BrN4O3. The number of amides is 2. The molecule has 0 radical (unpaired) electrons. The van der Waals surface area contributed by atoms with Crippen LogP contribution in [0.1, 0.15) is 57.0 Å². The van der Waals surface area contributed by atoms with E-state index in [1.807, 2.05) is 38.1 Å². The highest BCUT2D eigenvalue weighted by Crippen LogP contribution is 2.38. The normalized spacial score (nSPS) is 18.8. The third kappa shape index (κ3) is 5.93. The number of aromatic nitrogens is 2. The lowest BCUT2D eigenvalue weighted by Gasteiger charge is -2.35. The number of allylic oxidation sites excluding steroid dienone is 1. The predicted octanol–water partition coefficient (Wildman–Crippen LogP) is 3.86. The van der Waals surface area contributed by atoms with E-state index in [0.717, 1.165) is 57.7 Å². The summed E-state index contributed by atoms with van der Waals surface area (Å²) in [6, 6.07) is 5.70. The number of carbonyl (C=O) groups excluding carboxylic acids is 2. The van der Waals surface area contributed by atoms with Crippen LogP contribution < -0.4 is 15.9 Å². The Hall–Kier alpha value is -2.87. The Balaban J connectivity index is 1.84. The van der Waals surface area contributed by atoms with Crippen LogP contribution in [0, 0.1) is 5.92 Å². The molecule has 2 unspecified atom stereocenters. The quantitative estimate of drug-likeness (QED) is 0.593. The van der Waals surface area contributed by atoms with E-state index in [-0.39, 0.29) is 23.8 Å². The summed E-state index contributed by atoms with van der Waals surface area (Å²) < 4.78 is 5.67. The van der Waals surface area contributed by atoms with Crippen LogP contribution in [0.25, 0.3) is 18.2 Å². The summed E-state index contributed by atoms with van der Waals surface area (Å²) in [5.74, 6) is 0.294. The van der Waals surface area contributed by atoms with E-state index in [0.29, 0.717) is 0 Å². The lowest BCUT2D eigenvalue weighted by molar-refractivity contribution is -0.142. The minimum atomic E-state index is -0.658. The Morgan fingerprint density at radius 3 is 2.73 bits per heavy atom. The largest absolute Gasteiger partial charge is 0.452 e. The molecule has 0 bridgehead atoms. The van der Waals surface area contributed by atoms with E-state index >= 15 is 0 Å². The van der Waals surface area contributed by atoms with Crippen molar-refractivity contribution in [1.82, 2.24) is 20.4 Å². The van der Waals surface area contributed by atoms with Gasteiger partial charge in [-0.15, -0.1) is 0 Å². The van der Waals surface area contributed by atoms with Gasteiger partial charge in [0.05, 0.1) is 19.0 Å². The molecule has 0 spiro atoms. The fraction of sp³-hybridized carbons (Fsp3) is 0.400. The second kappa shape index (κ2) is 10.8. The molecule has 2 aromatic rings. The monoisotopic (exact) mass is 514 g/mol. The van der Waals surface area contributed by atoms with Gasteiger partial charge in [0.25, 0.3) is 0 Å². The highest BCUT2D eigenvalue weighted by molar-refractivity contribution is 9.10. The van der Waals surface area contributed by atoms with Crippen LogP contribution in [0.2, 0.25) is 0 Å². The number of hydrogen-bond acceptors (Lipinski definition) is 4. The lowest BCUT2D eigenvalue weighted by atomic mass is 9.78. The minimum absolute atomic E-state index is 0.0652. The molecule has 1 saturated carbocycles. The van der Waals surface area contributed by atoms with Gasteiger partial charge in [-0.1, -0.05) is 48.0 Å². The van der Waals surface area contributed by atoms with Gasteiger partial charge in [-0.05, 0) is 60.9 Å². The van der Waals surface area contributed by atoms with Crippen molar-refractivity contribution in [3.63, 3.8) is 0 Å². The van der Waals surface area contributed by atoms with Crippen LogP contribution >= 0.6 is 15.9 Å². The van der Waals surface area contributed by atoms with Gasteiger partial charge in [0.1, 0.15) is 5.82 Å². The zero-order valence-corrected chi connectivity index (χ0v) is 20.9. The van der Waals surface area contributed by atoms with Crippen molar-refractivity contribution in [3.05, 3.63) is 57.4 Å². The molecule has 7 nitrogen and oxygen atoms in total. The molecule has 1 aromatic heterocycles. The molecule has 2 amide bonds. The molecular weight excluding hydrogens is 484 g/mol. The third-order valence-corrected chi connectivity index (χ3v) is 6.45. The number of rotatable bonds is 5. The van der Waals surface area contributed by atoms with Gasteiger partial charge in [0.15, 0.2) is 0 Å². The van der Waals surface area contributed by atoms with Crippen molar-refractivity contribution in [3.8, 4) is 0 Å². The van der Waals surface area contributed by atoms with Gasteiger partial charge in [0, 0.05) is 22.4 Å². The zero-order chi connectivity index (χ0) is 24.1. The van der Waals surface area contributed by atoms with E-state index in [9.17, 15) is 9.59 Å². The number of ether oxygens (including phenoxy) is 1. The van der Waals surface area contributed by atoms with Crippen molar-refractivity contribution < 1.29 is 14.3 Å². The standard InChI is InChI=1S/C25H31BrN4O3/c1-15(2)30(29-25(32)33-5)24(31)21-9-7-6-8-20(21)23-27-14-22(28-23)17(4)12-18-10-11-19(26)13-16(18)3/h10-15,20-21H,3-4,6-9H2,1-2,5H3,(H,27,28)(H,29,32)/b18-12-. The van der Waals surface area contributed by atoms with Gasteiger partial charge in [-0.25, -0.2) is 20.2 Å². The van der Waals surface area contributed by atoms with E-state index in [1.54, 1.807) is 6.20 Å². The summed E-state index contributed by atoms with van der Waals surface area (Å²) in [7, 11) is 1.28. The Labute approximate surface area is 202 Å². The van der Waals surface area contributed by atoms with E-state index in [1.165, 1.54) is 12.1 Å². The first-order valence-electron chi connectivity index (χ1n) is 11.1. The average Bonchev–Trinajstić information content (AvgIpc) is 3.29. The number of aromatic amines is 1. The molecule has 1 aliphatic carbocycles. The Morgan fingerprint density at radius 1 is 1.33 bits per heavy atom. The number of carbonyl (C=O) groups is 2. The number of nitrogens with one attached hydrogen (secondary N) is 2. The summed E-state index contributed by atoms with van der Waals surface area (Å²) in [5, 5.41) is 3.25. The van der Waals surface area contributed by atoms with Crippen molar-refractivity contribution in [1.29, 1.82) is 0 Å². The fourth-order valence-electron chi connectivity index (χ4n) is 4.18. The maximum Gasteiger partial charge on any atom is 0.425 e. The van der Waals surface area contributed by atoms with Crippen molar-refractivity contribution in [2.24, 2.45) is 5.92 Å². The smallest absolute Gasteiger partial charge is 0.425 e. The minimum Gasteiger partial charge on any atom is -0.452 e. The summed E-state index contributed by atoms with van der Waals surface area (Å²) >= 11 is 3.45. The molecule has 0 aliphatic heterocycles. The maximum atomic E-state index is 13.4. The number of nitrogens with zero attached hydrogens (tertiary/aromatic N) is 2. The molecule has 1 aromatic carbocycles. The van der Waals surface area contributed by atoms with Crippen LogP contribution in [-0.2, 0) is 9.53 Å². The number of H-pyrrole nitrogens is 1. The van der Waals surface area contributed by atoms with Crippen LogP contribution in [0.4, 0.5) is 4.79 Å². The van der Waals surface area contributed by atoms with Crippen molar-refractivity contribution in [2.75, 3.05) is 7.11 Å². The van der Waals surface area contributed by atoms with Gasteiger partial charge in [0.2, 0.25) is 5.91 Å². The lowest BCUT2D eigenvalue weighted by Crippen LogP contribution is -2.53. The summed E-state index contributed by atoms with van der Waals surface area (Å²) in [5.41, 5.74) is 4.15. The first kappa shape index (κ1) is 24.8. The second-order valence-corrected chi connectivity index (χ2v) is 9.51. The average molecular weight is 515 g/mol. The topological polar surface area (TPSA) is 87.3 Å². The molecule has 1 heterocycles. The SMILES string of the molecule is C=C(/C=c1/ccc(Br)cc1=C)c1cnc(C2CCCCC2C(=O)N(NC(=O)OC)C(C)C)[nH]1. The first-order valence-corrected chi connectivity index (χ1v) is 11.9. The fourth-order valence-corrected chi connectivity index (χ4v) is 4.59. The van der Waals surface area contributed by atoms with E-state index in [2.05, 4.69) is 44.5 Å². The van der Waals surface area contributed by atoms with Gasteiger partial charge >= 0.3 is 6.09 Å². The second-order valence-electron chi connectivity index (χ2n) is 8.60. The summed E-state index contributed by atoms with van der Waals surface area (Å²) in [6.45, 7) is 12.0. The van der Waals surface area contributed by atoms with Crippen molar-refractivity contribution in [2.45, 2.75) is 51.5 Å². The summed E-state index contributed by atoms with van der Waals surface area (Å²) in [6.07, 6.45) is 6.64. The van der Waals surface area contributed by atoms with Crippen molar-refractivity contribution >= 4 is 46.2 Å². The molecule has 1 aliphatic rings. The number of hydrazine groups is 1. The van der Waals surface area contributed by atoms with Gasteiger partial charge in [-0.2, -0.15) is 0 Å². The Kier molecular flexibility index (Phi) is 8.13. The van der Waals surface area contributed by atoms with Crippen LogP contribution in [0.5, 0.6) is 0 Å². The van der Waals surface area contributed by atoms with E-state index < -0.39 is 6.09 Å². The third-order valence-electron chi connectivity index (χ3n) is 5.96. The zero-order valence-electron chi connectivity index (χ0n) is 19.4. The number of methoxy groups -OCH3 is 1. The van der Waals surface area contributed by atoms with Gasteiger partial charge < -0.3 is 9.72 Å². The number of hydrogen-bond donors (Lipinski definition) is 2. The molecule has 2 N–H and O–H groups in total. The molecule has 176 valence electrons. The Bertz CT molecular complexity index is 1140. The Morgan fingerprint density at radius 2 is 2.06 bits per heavy atom.